The largest absolute Gasteiger partial charge is 0.379 e. The van der Waals surface area contributed by atoms with Gasteiger partial charge in [0.15, 0.2) is 4.34 Å². The monoisotopic (exact) mass is 482 g/mol. The summed E-state index contributed by atoms with van der Waals surface area (Å²) < 4.78 is 35.9. The molecule has 31 heavy (non-hydrogen) atoms. The highest BCUT2D eigenvalue weighted by Gasteiger charge is 2.27. The van der Waals surface area contributed by atoms with Crippen LogP contribution in [0.4, 0.5) is 5.13 Å². The molecule has 0 spiro atoms. The first kappa shape index (κ1) is 22.5. The maximum Gasteiger partial charge on any atom is 0.243 e. The molecule has 1 aliphatic heterocycles. The van der Waals surface area contributed by atoms with Crippen LogP contribution in [0.2, 0.25) is 0 Å². The Labute approximate surface area is 190 Å². The van der Waals surface area contributed by atoms with E-state index < -0.39 is 10.0 Å². The first-order valence-electron chi connectivity index (χ1n) is 10.3. The van der Waals surface area contributed by atoms with E-state index >= 15 is 0 Å². The number of sulfonamides is 1. The molecule has 3 aromatic rings. The summed E-state index contributed by atoms with van der Waals surface area (Å²) in [7, 11) is -3.55. The number of aryl methyl sites for hydroxylation is 1. The number of benzene rings is 1. The van der Waals surface area contributed by atoms with E-state index in [-0.39, 0.29) is 4.90 Å². The number of ether oxygens (including phenoxy) is 1. The minimum Gasteiger partial charge on any atom is -0.379 e. The quantitative estimate of drug-likeness (QED) is 0.464. The number of thioether (sulfide) groups is 1. The van der Waals surface area contributed by atoms with Gasteiger partial charge in [0, 0.05) is 26.2 Å². The van der Waals surface area contributed by atoms with E-state index in [0.29, 0.717) is 37.6 Å². The first-order chi connectivity index (χ1) is 15.0. The Balaban J connectivity index is 1.60. The number of imidazole rings is 1. The zero-order valence-electron chi connectivity index (χ0n) is 17.6. The standard InChI is InChI=1S/C19H26N6O3S3/c1-3-7-25-16-6-5-14(31(26,27)24-8-10-28-11-9-24)12-15(16)21-17(25)13-29-19-23-22-18(30-19)20-4-2/h5-6,12H,3-4,7-11,13H2,1-2H3,(H,20,22). The third-order valence-electron chi connectivity index (χ3n) is 4.91. The molecule has 168 valence electrons. The molecule has 12 heteroatoms. The molecule has 3 heterocycles. The molecular formula is C19H26N6O3S3. The summed E-state index contributed by atoms with van der Waals surface area (Å²) in [5.74, 6) is 1.55. The number of fused-ring (bicyclic) bond motifs is 1. The molecule has 1 saturated heterocycles. The Morgan fingerprint density at radius 3 is 2.77 bits per heavy atom. The molecule has 2 aromatic heterocycles. The van der Waals surface area contributed by atoms with Crippen molar-refractivity contribution >= 4 is 49.3 Å². The van der Waals surface area contributed by atoms with Crippen LogP contribution >= 0.6 is 23.1 Å². The Morgan fingerprint density at radius 1 is 1.23 bits per heavy atom. The second kappa shape index (κ2) is 9.82. The molecule has 4 rings (SSSR count). The van der Waals surface area contributed by atoms with Crippen LogP contribution in [0.3, 0.4) is 0 Å². The number of nitrogens with one attached hydrogen (secondary N) is 1. The number of morpholine rings is 1. The topological polar surface area (TPSA) is 102 Å². The summed E-state index contributed by atoms with van der Waals surface area (Å²) in [5.41, 5.74) is 1.65. The van der Waals surface area contributed by atoms with Crippen molar-refractivity contribution < 1.29 is 13.2 Å². The fraction of sp³-hybridized carbons (Fsp3) is 0.526. The van der Waals surface area contributed by atoms with E-state index in [4.69, 9.17) is 9.72 Å². The van der Waals surface area contributed by atoms with E-state index in [2.05, 4.69) is 27.0 Å². The van der Waals surface area contributed by atoms with Crippen molar-refractivity contribution in [2.75, 3.05) is 38.2 Å². The smallest absolute Gasteiger partial charge is 0.243 e. The molecule has 0 radical (unpaired) electrons. The van der Waals surface area contributed by atoms with Crippen molar-refractivity contribution in [2.24, 2.45) is 0 Å². The second-order valence-corrected chi connectivity index (χ2v) is 11.2. The van der Waals surface area contributed by atoms with Crippen LogP contribution in [-0.2, 0) is 27.1 Å². The van der Waals surface area contributed by atoms with E-state index in [0.717, 1.165) is 40.3 Å². The minimum atomic E-state index is -3.55. The highest BCUT2D eigenvalue weighted by molar-refractivity contribution is 8.00. The summed E-state index contributed by atoms with van der Waals surface area (Å²) >= 11 is 3.11. The molecule has 0 atom stereocenters. The molecular weight excluding hydrogens is 456 g/mol. The number of nitrogens with zero attached hydrogens (tertiary/aromatic N) is 5. The number of aromatic nitrogens is 4. The lowest BCUT2D eigenvalue weighted by molar-refractivity contribution is 0.0730. The summed E-state index contributed by atoms with van der Waals surface area (Å²) in [5, 5.41) is 12.3. The molecule has 0 unspecified atom stereocenters. The second-order valence-electron chi connectivity index (χ2n) is 7.04. The average Bonchev–Trinajstić information content (AvgIpc) is 3.37. The third kappa shape index (κ3) is 4.87. The highest BCUT2D eigenvalue weighted by atomic mass is 32.2. The fourth-order valence-corrected chi connectivity index (χ4v) is 6.65. The van der Waals surface area contributed by atoms with Gasteiger partial charge in [0.2, 0.25) is 15.2 Å². The number of anilines is 1. The van der Waals surface area contributed by atoms with Crippen LogP contribution < -0.4 is 5.32 Å². The predicted octanol–water partition coefficient (Wildman–Crippen LogP) is 3.04. The van der Waals surface area contributed by atoms with Crippen molar-refractivity contribution in [3.63, 3.8) is 0 Å². The van der Waals surface area contributed by atoms with Gasteiger partial charge < -0.3 is 14.6 Å². The van der Waals surface area contributed by atoms with Gasteiger partial charge in [-0.25, -0.2) is 13.4 Å². The van der Waals surface area contributed by atoms with E-state index in [9.17, 15) is 8.42 Å². The van der Waals surface area contributed by atoms with Crippen molar-refractivity contribution in [2.45, 2.75) is 41.8 Å². The molecule has 1 aromatic carbocycles. The summed E-state index contributed by atoms with van der Waals surface area (Å²) in [6.07, 6.45) is 0.959. The van der Waals surface area contributed by atoms with Gasteiger partial charge in [0.25, 0.3) is 0 Å². The van der Waals surface area contributed by atoms with Crippen molar-refractivity contribution in [1.29, 1.82) is 0 Å². The molecule has 1 aliphatic rings. The average molecular weight is 483 g/mol. The molecule has 0 aliphatic carbocycles. The Bertz CT molecular complexity index is 1140. The van der Waals surface area contributed by atoms with Gasteiger partial charge in [-0.15, -0.1) is 10.2 Å². The van der Waals surface area contributed by atoms with Gasteiger partial charge in [-0.3, -0.25) is 0 Å². The van der Waals surface area contributed by atoms with Gasteiger partial charge >= 0.3 is 0 Å². The normalized spacial score (nSPS) is 15.5. The van der Waals surface area contributed by atoms with Crippen LogP contribution in [-0.4, -0.2) is 65.3 Å². The minimum absolute atomic E-state index is 0.279. The number of rotatable bonds is 9. The van der Waals surface area contributed by atoms with E-state index in [1.54, 1.807) is 23.9 Å². The van der Waals surface area contributed by atoms with Crippen LogP contribution in [0.5, 0.6) is 0 Å². The lowest BCUT2D eigenvalue weighted by Crippen LogP contribution is -2.40. The van der Waals surface area contributed by atoms with E-state index in [1.807, 2.05) is 13.0 Å². The molecule has 1 fully saturated rings. The van der Waals surface area contributed by atoms with Crippen molar-refractivity contribution in [3.8, 4) is 0 Å². The Hall–Kier alpha value is -1.73. The summed E-state index contributed by atoms with van der Waals surface area (Å²) in [4.78, 5) is 5.06. The number of hydrogen-bond donors (Lipinski definition) is 1. The fourth-order valence-electron chi connectivity index (χ4n) is 3.46. The molecule has 9 nitrogen and oxygen atoms in total. The van der Waals surface area contributed by atoms with Gasteiger partial charge in [-0.1, -0.05) is 30.0 Å². The maximum absolute atomic E-state index is 13.0. The van der Waals surface area contributed by atoms with Crippen LogP contribution in [0.25, 0.3) is 11.0 Å². The molecule has 0 bridgehead atoms. The van der Waals surface area contributed by atoms with Gasteiger partial charge in [0.05, 0.1) is 34.9 Å². The van der Waals surface area contributed by atoms with Crippen molar-refractivity contribution in [1.82, 2.24) is 24.1 Å². The molecule has 0 amide bonds. The summed E-state index contributed by atoms with van der Waals surface area (Å²) in [6, 6.07) is 5.24. The lowest BCUT2D eigenvalue weighted by Gasteiger charge is -2.26. The number of hydrogen-bond acceptors (Lipinski definition) is 9. The predicted molar refractivity (Wildman–Crippen MR) is 123 cm³/mol. The van der Waals surface area contributed by atoms with Crippen LogP contribution in [0.1, 0.15) is 26.1 Å². The van der Waals surface area contributed by atoms with Gasteiger partial charge in [-0.05, 0) is 31.5 Å². The van der Waals surface area contributed by atoms with E-state index in [1.165, 1.54) is 15.6 Å². The van der Waals surface area contributed by atoms with Crippen molar-refractivity contribution in [3.05, 3.63) is 24.0 Å². The van der Waals surface area contributed by atoms with Gasteiger partial charge in [0.1, 0.15) is 5.82 Å². The van der Waals surface area contributed by atoms with Crippen LogP contribution in [0.15, 0.2) is 27.4 Å². The molecule has 1 N–H and O–H groups in total. The molecule has 0 saturated carbocycles. The lowest BCUT2D eigenvalue weighted by atomic mass is 10.3. The third-order valence-corrected chi connectivity index (χ3v) is 8.82. The highest BCUT2D eigenvalue weighted by Crippen LogP contribution is 2.30. The Morgan fingerprint density at radius 2 is 2.03 bits per heavy atom. The zero-order valence-corrected chi connectivity index (χ0v) is 20.0. The van der Waals surface area contributed by atoms with Crippen LogP contribution in [0, 0.1) is 0 Å². The zero-order chi connectivity index (χ0) is 21.8. The van der Waals surface area contributed by atoms with Gasteiger partial charge in [-0.2, -0.15) is 4.31 Å². The first-order valence-corrected chi connectivity index (χ1v) is 13.5. The SMILES string of the molecule is CCCn1c(CSc2nnc(NCC)s2)nc2cc(S(=O)(=O)N3CCOCC3)ccc21. The maximum atomic E-state index is 13.0. The Kier molecular flexibility index (Phi) is 7.12. The summed E-state index contributed by atoms with van der Waals surface area (Å²) in [6.45, 7) is 7.38.